The summed E-state index contributed by atoms with van der Waals surface area (Å²) in [6.07, 6.45) is 0.225. The van der Waals surface area contributed by atoms with E-state index in [9.17, 15) is 9.18 Å². The van der Waals surface area contributed by atoms with Gasteiger partial charge in [0.15, 0.2) is 0 Å². The van der Waals surface area contributed by atoms with Crippen LogP contribution in [0.1, 0.15) is 19.4 Å². The highest BCUT2D eigenvalue weighted by atomic mass is 19.1. The molecule has 0 fully saturated rings. The summed E-state index contributed by atoms with van der Waals surface area (Å²) in [5.74, 6) is -0.800. The van der Waals surface area contributed by atoms with Crippen molar-refractivity contribution < 1.29 is 19.0 Å². The first-order valence-corrected chi connectivity index (χ1v) is 4.92. The summed E-state index contributed by atoms with van der Waals surface area (Å²) in [6, 6.07) is 4.10. The zero-order valence-corrected chi connectivity index (χ0v) is 9.58. The molecule has 88 valence electrons. The molecular weight excluding hydrogens is 211 g/mol. The molecule has 0 unspecified atom stereocenters. The molecule has 4 heteroatoms. The van der Waals surface area contributed by atoms with Gasteiger partial charge in [0.2, 0.25) is 0 Å². The lowest BCUT2D eigenvalue weighted by atomic mass is 9.85. The first kappa shape index (κ1) is 12.5. The molecule has 0 saturated heterocycles. The molecule has 0 aromatic heterocycles. The van der Waals surface area contributed by atoms with Crippen LogP contribution in [0.25, 0.3) is 0 Å². The maximum absolute atomic E-state index is 13.1. The number of carboxylic acids is 1. The zero-order valence-electron chi connectivity index (χ0n) is 9.58. The fourth-order valence-corrected chi connectivity index (χ4v) is 1.44. The number of carboxylic acid groups (broad SMARTS) is 1. The quantitative estimate of drug-likeness (QED) is 0.857. The van der Waals surface area contributed by atoms with Crippen LogP contribution in [0.15, 0.2) is 18.2 Å². The number of carbonyl (C=O) groups is 1. The Bertz CT molecular complexity index is 399. The standard InChI is InChI=1S/C12H15FO3/c1-12(2,11(14)15)7-8-6-9(13)4-5-10(8)16-3/h4-6H,7H2,1-3H3,(H,14,15). The van der Waals surface area contributed by atoms with Crippen molar-refractivity contribution in [3.63, 3.8) is 0 Å². The van der Waals surface area contributed by atoms with Crippen molar-refractivity contribution in [2.75, 3.05) is 7.11 Å². The Morgan fingerprint density at radius 1 is 1.50 bits per heavy atom. The minimum absolute atomic E-state index is 0.225. The molecule has 0 amide bonds. The van der Waals surface area contributed by atoms with Crippen molar-refractivity contribution in [1.29, 1.82) is 0 Å². The molecular formula is C12H15FO3. The highest BCUT2D eigenvalue weighted by Gasteiger charge is 2.28. The van der Waals surface area contributed by atoms with Crippen LogP contribution < -0.4 is 4.74 Å². The second-order valence-electron chi connectivity index (χ2n) is 4.32. The van der Waals surface area contributed by atoms with E-state index >= 15 is 0 Å². The van der Waals surface area contributed by atoms with Crippen LogP contribution >= 0.6 is 0 Å². The van der Waals surface area contributed by atoms with E-state index in [-0.39, 0.29) is 6.42 Å². The maximum atomic E-state index is 13.1. The van der Waals surface area contributed by atoms with Crippen LogP contribution in [-0.4, -0.2) is 18.2 Å². The molecule has 0 saturated carbocycles. The maximum Gasteiger partial charge on any atom is 0.309 e. The van der Waals surface area contributed by atoms with Gasteiger partial charge in [-0.3, -0.25) is 4.79 Å². The number of hydrogen-bond donors (Lipinski definition) is 1. The Morgan fingerprint density at radius 2 is 2.12 bits per heavy atom. The van der Waals surface area contributed by atoms with Crippen molar-refractivity contribution in [3.05, 3.63) is 29.6 Å². The molecule has 0 aliphatic rings. The summed E-state index contributed by atoms with van der Waals surface area (Å²) in [5.41, 5.74) is -0.379. The molecule has 0 radical (unpaired) electrons. The molecule has 3 nitrogen and oxygen atoms in total. The van der Waals surface area contributed by atoms with E-state index in [1.807, 2.05) is 0 Å². The Labute approximate surface area is 93.9 Å². The fraction of sp³-hybridized carbons (Fsp3) is 0.417. The number of methoxy groups -OCH3 is 1. The van der Waals surface area contributed by atoms with Gasteiger partial charge in [-0.05, 0) is 44.0 Å². The van der Waals surface area contributed by atoms with Gasteiger partial charge in [0.1, 0.15) is 11.6 Å². The Balaban J connectivity index is 3.04. The van der Waals surface area contributed by atoms with Crippen LogP contribution in [0.2, 0.25) is 0 Å². The molecule has 1 rings (SSSR count). The molecule has 1 aromatic rings. The monoisotopic (exact) mass is 226 g/mol. The molecule has 0 spiro atoms. The molecule has 0 aliphatic heterocycles. The SMILES string of the molecule is COc1ccc(F)cc1CC(C)(C)C(=O)O. The lowest BCUT2D eigenvalue weighted by molar-refractivity contribution is -0.146. The smallest absolute Gasteiger partial charge is 0.309 e. The normalized spacial score (nSPS) is 11.2. The van der Waals surface area contributed by atoms with E-state index in [4.69, 9.17) is 9.84 Å². The summed E-state index contributed by atoms with van der Waals surface area (Å²) in [5, 5.41) is 9.00. The van der Waals surface area contributed by atoms with Crippen molar-refractivity contribution in [2.24, 2.45) is 5.41 Å². The number of aliphatic carboxylic acids is 1. The van der Waals surface area contributed by atoms with Gasteiger partial charge in [-0.2, -0.15) is 0 Å². The Morgan fingerprint density at radius 3 is 2.62 bits per heavy atom. The third kappa shape index (κ3) is 2.72. The first-order chi connectivity index (χ1) is 7.36. The highest BCUT2D eigenvalue weighted by Crippen LogP contribution is 2.28. The largest absolute Gasteiger partial charge is 0.496 e. The lowest BCUT2D eigenvalue weighted by Crippen LogP contribution is -2.26. The Hall–Kier alpha value is -1.58. The number of hydrogen-bond acceptors (Lipinski definition) is 2. The van der Waals surface area contributed by atoms with Gasteiger partial charge in [-0.15, -0.1) is 0 Å². The highest BCUT2D eigenvalue weighted by molar-refractivity contribution is 5.74. The average molecular weight is 226 g/mol. The molecule has 0 aliphatic carbocycles. The van der Waals surface area contributed by atoms with E-state index in [0.29, 0.717) is 11.3 Å². The van der Waals surface area contributed by atoms with Crippen LogP contribution in [0.4, 0.5) is 4.39 Å². The third-order valence-electron chi connectivity index (χ3n) is 2.45. The van der Waals surface area contributed by atoms with Gasteiger partial charge in [0.05, 0.1) is 12.5 Å². The van der Waals surface area contributed by atoms with E-state index in [1.165, 1.54) is 25.3 Å². The summed E-state index contributed by atoms with van der Waals surface area (Å²) in [6.45, 7) is 3.19. The number of ether oxygens (including phenoxy) is 1. The zero-order chi connectivity index (χ0) is 12.3. The number of halogens is 1. The predicted octanol–water partition coefficient (Wildman–Crippen LogP) is 2.49. The Kier molecular flexibility index (Phi) is 3.52. The number of rotatable bonds is 4. The lowest BCUT2D eigenvalue weighted by Gasteiger charge is -2.20. The minimum atomic E-state index is -0.943. The van der Waals surface area contributed by atoms with Crippen LogP contribution in [0.5, 0.6) is 5.75 Å². The van der Waals surface area contributed by atoms with Crippen LogP contribution in [0.3, 0.4) is 0 Å². The van der Waals surface area contributed by atoms with Gasteiger partial charge in [-0.1, -0.05) is 0 Å². The van der Waals surface area contributed by atoms with Gasteiger partial charge >= 0.3 is 5.97 Å². The molecule has 1 N–H and O–H groups in total. The second kappa shape index (κ2) is 4.51. The van der Waals surface area contributed by atoms with E-state index in [1.54, 1.807) is 13.8 Å². The predicted molar refractivity (Wildman–Crippen MR) is 58.1 cm³/mol. The van der Waals surface area contributed by atoms with Gasteiger partial charge in [0, 0.05) is 0 Å². The number of benzene rings is 1. The summed E-state index contributed by atoms with van der Waals surface area (Å²) < 4.78 is 18.1. The third-order valence-corrected chi connectivity index (χ3v) is 2.45. The topological polar surface area (TPSA) is 46.5 Å². The van der Waals surface area contributed by atoms with Crippen molar-refractivity contribution in [3.8, 4) is 5.75 Å². The first-order valence-electron chi connectivity index (χ1n) is 4.92. The second-order valence-corrected chi connectivity index (χ2v) is 4.32. The van der Waals surface area contributed by atoms with Crippen molar-refractivity contribution in [1.82, 2.24) is 0 Å². The molecule has 0 bridgehead atoms. The van der Waals surface area contributed by atoms with Gasteiger partial charge in [0.25, 0.3) is 0 Å². The van der Waals surface area contributed by atoms with Gasteiger partial charge in [-0.25, -0.2) is 4.39 Å². The molecule has 0 atom stereocenters. The van der Waals surface area contributed by atoms with Crippen LogP contribution in [-0.2, 0) is 11.2 Å². The van der Waals surface area contributed by atoms with Gasteiger partial charge < -0.3 is 9.84 Å². The fourth-order valence-electron chi connectivity index (χ4n) is 1.44. The van der Waals surface area contributed by atoms with Crippen LogP contribution in [0, 0.1) is 11.2 Å². The summed E-state index contributed by atoms with van der Waals surface area (Å²) >= 11 is 0. The minimum Gasteiger partial charge on any atom is -0.496 e. The van der Waals surface area contributed by atoms with Crippen molar-refractivity contribution >= 4 is 5.97 Å². The van der Waals surface area contributed by atoms with E-state index < -0.39 is 17.2 Å². The summed E-state index contributed by atoms with van der Waals surface area (Å²) in [7, 11) is 1.48. The molecule has 1 aromatic carbocycles. The van der Waals surface area contributed by atoms with E-state index in [0.717, 1.165) is 0 Å². The van der Waals surface area contributed by atoms with Crippen molar-refractivity contribution in [2.45, 2.75) is 20.3 Å². The average Bonchev–Trinajstić information content (AvgIpc) is 2.17. The molecule has 0 heterocycles. The summed E-state index contributed by atoms with van der Waals surface area (Å²) in [4.78, 5) is 11.0. The van der Waals surface area contributed by atoms with E-state index in [2.05, 4.69) is 0 Å². The molecule has 16 heavy (non-hydrogen) atoms.